The van der Waals surface area contributed by atoms with Gasteiger partial charge in [0, 0.05) is 17.6 Å². The van der Waals surface area contributed by atoms with Crippen molar-refractivity contribution in [2.45, 2.75) is 31.5 Å². The van der Waals surface area contributed by atoms with Crippen LogP contribution in [-0.2, 0) is 6.18 Å². The van der Waals surface area contributed by atoms with Crippen molar-refractivity contribution in [3.8, 4) is 0 Å². The highest BCUT2D eigenvalue weighted by molar-refractivity contribution is 7.09. The first-order valence-electron chi connectivity index (χ1n) is 6.21. The molecule has 1 N–H and O–H groups in total. The minimum absolute atomic E-state index is 0.320. The van der Waals surface area contributed by atoms with Crippen LogP contribution < -0.4 is 5.32 Å². The highest BCUT2D eigenvalue weighted by atomic mass is 32.1. The molecule has 1 heterocycles. The van der Waals surface area contributed by atoms with Crippen LogP contribution in [0.1, 0.15) is 25.1 Å². The van der Waals surface area contributed by atoms with Crippen LogP contribution in [0.4, 0.5) is 18.3 Å². The fraction of sp³-hybridized carbons (Fsp3) is 0.818. The van der Waals surface area contributed by atoms with Gasteiger partial charge in [-0.2, -0.15) is 22.5 Å². The van der Waals surface area contributed by atoms with Crippen molar-refractivity contribution in [1.82, 2.24) is 9.36 Å². The highest BCUT2D eigenvalue weighted by Crippen LogP contribution is 2.66. The minimum Gasteiger partial charge on any atom is -0.357 e. The van der Waals surface area contributed by atoms with E-state index in [2.05, 4.69) is 14.7 Å². The maximum Gasteiger partial charge on any atom is 0.452 e. The molecule has 4 atom stereocenters. The fourth-order valence-electron chi connectivity index (χ4n) is 4.06. The zero-order valence-electron chi connectivity index (χ0n) is 9.44. The van der Waals surface area contributed by atoms with Gasteiger partial charge in [-0.1, -0.05) is 0 Å². The van der Waals surface area contributed by atoms with E-state index < -0.39 is 12.0 Å². The summed E-state index contributed by atoms with van der Waals surface area (Å²) in [5.74, 6) is 1.94. The average molecular weight is 275 g/mol. The van der Waals surface area contributed by atoms with Gasteiger partial charge in [-0.05, 0) is 42.9 Å². The number of hydrogen-bond donors (Lipinski definition) is 1. The topological polar surface area (TPSA) is 37.8 Å². The average Bonchev–Trinajstić information content (AvgIpc) is 2.75. The maximum absolute atomic E-state index is 12.4. The van der Waals surface area contributed by atoms with E-state index in [1.54, 1.807) is 0 Å². The fourth-order valence-corrected chi connectivity index (χ4v) is 4.69. The Labute approximate surface area is 106 Å². The van der Waals surface area contributed by atoms with Crippen LogP contribution in [0.3, 0.4) is 0 Å². The van der Waals surface area contributed by atoms with Crippen LogP contribution >= 0.6 is 11.5 Å². The molecule has 3 saturated carbocycles. The lowest BCUT2D eigenvalue weighted by molar-refractivity contribution is -0.144. The van der Waals surface area contributed by atoms with Crippen molar-refractivity contribution < 1.29 is 13.2 Å². The summed E-state index contributed by atoms with van der Waals surface area (Å²) in [6.07, 6.45) is -0.506. The van der Waals surface area contributed by atoms with Crippen LogP contribution in [-0.4, -0.2) is 15.4 Å². The Hall–Kier alpha value is -0.850. The summed E-state index contributed by atoms with van der Waals surface area (Å²) in [5, 5.41) is 3.48. The molecule has 0 aliphatic heterocycles. The lowest BCUT2D eigenvalue weighted by Crippen LogP contribution is -2.13. The van der Waals surface area contributed by atoms with E-state index in [0.717, 1.165) is 23.4 Å². The van der Waals surface area contributed by atoms with Crippen LogP contribution in [0.15, 0.2) is 0 Å². The number of halogens is 3. The van der Waals surface area contributed by atoms with Gasteiger partial charge in [0.15, 0.2) is 0 Å². The Morgan fingerprint density at radius 1 is 1.17 bits per heavy atom. The molecule has 0 amide bonds. The summed E-state index contributed by atoms with van der Waals surface area (Å²) in [5.41, 5.74) is 0. The summed E-state index contributed by atoms with van der Waals surface area (Å²) in [6.45, 7) is 0. The summed E-state index contributed by atoms with van der Waals surface area (Å²) in [7, 11) is 0. The zero-order chi connectivity index (χ0) is 12.5. The molecule has 98 valence electrons. The van der Waals surface area contributed by atoms with Gasteiger partial charge >= 0.3 is 6.18 Å². The third-order valence-corrected chi connectivity index (χ3v) is 5.35. The first-order chi connectivity index (χ1) is 8.54. The summed E-state index contributed by atoms with van der Waals surface area (Å²) >= 11 is 0.814. The normalized spacial score (nSPS) is 40.9. The number of hydrogen-bond acceptors (Lipinski definition) is 4. The van der Waals surface area contributed by atoms with Gasteiger partial charge in [0.2, 0.25) is 11.0 Å². The van der Waals surface area contributed by atoms with E-state index in [4.69, 9.17) is 0 Å². The summed E-state index contributed by atoms with van der Waals surface area (Å²) in [4.78, 5) is 3.53. The van der Waals surface area contributed by atoms with Crippen molar-refractivity contribution in [1.29, 1.82) is 0 Å². The monoisotopic (exact) mass is 275 g/mol. The summed E-state index contributed by atoms with van der Waals surface area (Å²) < 4.78 is 40.5. The first-order valence-corrected chi connectivity index (χ1v) is 6.99. The molecule has 4 rings (SSSR count). The van der Waals surface area contributed by atoms with E-state index in [-0.39, 0.29) is 0 Å². The molecule has 0 saturated heterocycles. The van der Waals surface area contributed by atoms with Gasteiger partial charge in [0.05, 0.1) is 0 Å². The molecule has 7 heteroatoms. The number of alkyl halides is 3. The molecule has 0 spiro atoms. The molecule has 1 aromatic heterocycles. The smallest absolute Gasteiger partial charge is 0.357 e. The zero-order valence-corrected chi connectivity index (χ0v) is 10.3. The van der Waals surface area contributed by atoms with Crippen molar-refractivity contribution >= 4 is 16.7 Å². The van der Waals surface area contributed by atoms with E-state index in [1.165, 1.54) is 19.3 Å². The number of aromatic nitrogens is 2. The standard InChI is InChI=1S/C11H12F3N3S/c12-11(13,14)9-16-10(18-17-9)15-8-6-4-1-2-5(3-4)7(6)8/h4-8H,1-3H2,(H,15,16,17). The third kappa shape index (κ3) is 1.49. The number of rotatable bonds is 2. The van der Waals surface area contributed by atoms with Gasteiger partial charge in [-0.3, -0.25) is 0 Å². The van der Waals surface area contributed by atoms with E-state index >= 15 is 0 Å². The van der Waals surface area contributed by atoms with E-state index in [1.807, 2.05) is 0 Å². The van der Waals surface area contributed by atoms with Crippen LogP contribution in [0.2, 0.25) is 0 Å². The molecule has 2 bridgehead atoms. The van der Waals surface area contributed by atoms with Gasteiger partial charge < -0.3 is 5.32 Å². The quantitative estimate of drug-likeness (QED) is 0.901. The van der Waals surface area contributed by atoms with Gasteiger partial charge in [0.1, 0.15) is 0 Å². The van der Waals surface area contributed by atoms with Gasteiger partial charge in [0.25, 0.3) is 0 Å². The van der Waals surface area contributed by atoms with Gasteiger partial charge in [-0.25, -0.2) is 0 Å². The number of fused-ring (bicyclic) bond motifs is 5. The second kappa shape index (κ2) is 3.37. The van der Waals surface area contributed by atoms with E-state index in [0.29, 0.717) is 23.0 Å². The van der Waals surface area contributed by atoms with Crippen LogP contribution in [0, 0.1) is 23.7 Å². The number of nitrogens with zero attached hydrogens (tertiary/aromatic N) is 2. The predicted molar refractivity (Wildman–Crippen MR) is 60.1 cm³/mol. The van der Waals surface area contributed by atoms with E-state index in [9.17, 15) is 13.2 Å². The molecular weight excluding hydrogens is 263 g/mol. The molecule has 3 aliphatic rings. The molecule has 0 aromatic carbocycles. The molecule has 3 nitrogen and oxygen atoms in total. The third-order valence-electron chi connectivity index (χ3n) is 4.71. The minimum atomic E-state index is -4.44. The lowest BCUT2D eigenvalue weighted by atomic mass is 10.0. The SMILES string of the molecule is FC(F)(F)c1nsc(NC2C3C4CCC(C4)C23)n1. The van der Waals surface area contributed by atoms with Crippen molar-refractivity contribution in [2.24, 2.45) is 23.7 Å². The number of anilines is 1. The van der Waals surface area contributed by atoms with Crippen molar-refractivity contribution in [3.05, 3.63) is 5.82 Å². The Morgan fingerprint density at radius 2 is 1.83 bits per heavy atom. The Morgan fingerprint density at radius 3 is 2.39 bits per heavy atom. The van der Waals surface area contributed by atoms with Crippen molar-refractivity contribution in [3.63, 3.8) is 0 Å². The molecule has 18 heavy (non-hydrogen) atoms. The predicted octanol–water partition coefficient (Wildman–Crippen LogP) is 3.01. The van der Waals surface area contributed by atoms with Crippen molar-refractivity contribution in [2.75, 3.05) is 5.32 Å². The van der Waals surface area contributed by atoms with Crippen LogP contribution in [0.5, 0.6) is 0 Å². The molecule has 3 aliphatic carbocycles. The Balaban J connectivity index is 1.46. The molecule has 4 unspecified atom stereocenters. The largest absolute Gasteiger partial charge is 0.452 e. The molecule has 0 radical (unpaired) electrons. The summed E-state index contributed by atoms with van der Waals surface area (Å²) in [6, 6.07) is 0.352. The molecule has 3 fully saturated rings. The van der Waals surface area contributed by atoms with Gasteiger partial charge in [-0.15, -0.1) is 0 Å². The Bertz CT molecular complexity index is 470. The molecule has 1 aromatic rings. The Kier molecular flexibility index (Phi) is 2.06. The second-order valence-electron chi connectivity index (χ2n) is 5.58. The number of nitrogens with one attached hydrogen (secondary N) is 1. The lowest BCUT2D eigenvalue weighted by Gasteiger charge is -2.08. The van der Waals surface area contributed by atoms with Crippen LogP contribution in [0.25, 0.3) is 0 Å². The highest BCUT2D eigenvalue weighted by Gasteiger charge is 2.65. The second-order valence-corrected chi connectivity index (χ2v) is 6.33. The molecular formula is C11H12F3N3S. The first kappa shape index (κ1) is 11.0. The maximum atomic E-state index is 12.4.